The first-order valence-corrected chi connectivity index (χ1v) is 8.71. The summed E-state index contributed by atoms with van der Waals surface area (Å²) in [4.78, 5) is 23.9. The first kappa shape index (κ1) is 19.2. The van der Waals surface area contributed by atoms with E-state index in [1.807, 2.05) is 0 Å². The highest BCUT2D eigenvalue weighted by atomic mass is 35.5. The molecule has 27 heavy (non-hydrogen) atoms. The monoisotopic (exact) mass is 390 g/mol. The highest BCUT2D eigenvalue weighted by molar-refractivity contribution is 6.30. The highest BCUT2D eigenvalue weighted by Crippen LogP contribution is 2.32. The molecule has 3 rings (SSSR count). The van der Waals surface area contributed by atoms with Crippen LogP contribution in [0.5, 0.6) is 11.5 Å². The van der Waals surface area contributed by atoms with Crippen LogP contribution in [-0.2, 0) is 33.9 Å². The Morgan fingerprint density at radius 2 is 2.00 bits per heavy atom. The average molecular weight is 391 g/mol. The molecule has 0 amide bonds. The smallest absolute Gasteiger partial charge is 0.310 e. The Morgan fingerprint density at radius 3 is 2.74 bits per heavy atom. The van der Waals surface area contributed by atoms with Gasteiger partial charge in [-0.25, -0.2) is 0 Å². The first-order chi connectivity index (χ1) is 13.0. The molecule has 142 valence electrons. The fraction of sp³-hybridized carbons (Fsp3) is 0.300. The predicted octanol–water partition coefficient (Wildman–Crippen LogP) is 3.70. The van der Waals surface area contributed by atoms with Gasteiger partial charge in [0, 0.05) is 27.3 Å². The lowest BCUT2D eigenvalue weighted by Gasteiger charge is -2.21. The Balaban J connectivity index is 1.72. The number of Topliss-reactive ketones (excluding diaryl/α,β-unsaturated/α-hetero) is 1. The standard InChI is InChI=1S/C20H19ClO6/c1-12(22)13-3-4-18(24-2)14(5-13)8-19(23)26-10-16-7-17(21)6-15-9-25-11-27-20(15)16/h3-7H,8-11H2,1-2H3. The molecule has 1 aliphatic rings. The van der Waals surface area contributed by atoms with E-state index in [9.17, 15) is 9.59 Å². The van der Waals surface area contributed by atoms with Crippen LogP contribution in [0, 0.1) is 0 Å². The molecule has 7 heteroatoms. The van der Waals surface area contributed by atoms with Crippen LogP contribution in [-0.4, -0.2) is 25.7 Å². The van der Waals surface area contributed by atoms with Crippen LogP contribution in [0.1, 0.15) is 34.0 Å². The number of methoxy groups -OCH3 is 1. The van der Waals surface area contributed by atoms with Crippen molar-refractivity contribution in [3.63, 3.8) is 0 Å². The van der Waals surface area contributed by atoms with Gasteiger partial charge in [-0.1, -0.05) is 11.6 Å². The molecule has 6 nitrogen and oxygen atoms in total. The van der Waals surface area contributed by atoms with Gasteiger partial charge in [0.15, 0.2) is 12.6 Å². The molecular weight excluding hydrogens is 372 g/mol. The molecular formula is C20H19ClO6. The molecule has 0 aliphatic carbocycles. The predicted molar refractivity (Wildman–Crippen MR) is 98.2 cm³/mol. The summed E-state index contributed by atoms with van der Waals surface area (Å²) in [6.07, 6.45) is -0.0168. The zero-order valence-electron chi connectivity index (χ0n) is 15.0. The van der Waals surface area contributed by atoms with Crippen molar-refractivity contribution in [1.29, 1.82) is 0 Å². The number of hydrogen-bond donors (Lipinski definition) is 0. The van der Waals surface area contributed by atoms with Crippen molar-refractivity contribution < 1.29 is 28.5 Å². The maximum atomic E-state index is 12.3. The number of benzene rings is 2. The minimum atomic E-state index is -0.449. The summed E-state index contributed by atoms with van der Waals surface area (Å²) in [6.45, 7) is 2.03. The van der Waals surface area contributed by atoms with E-state index in [1.165, 1.54) is 14.0 Å². The van der Waals surface area contributed by atoms with E-state index in [1.54, 1.807) is 30.3 Å². The minimum absolute atomic E-state index is 0.0168. The lowest BCUT2D eigenvalue weighted by molar-refractivity contribution is -0.144. The third kappa shape index (κ3) is 4.59. The van der Waals surface area contributed by atoms with E-state index in [4.69, 9.17) is 30.5 Å². The van der Waals surface area contributed by atoms with Gasteiger partial charge in [-0.15, -0.1) is 0 Å². The molecule has 0 N–H and O–H groups in total. The van der Waals surface area contributed by atoms with Crippen molar-refractivity contribution in [3.05, 3.63) is 57.6 Å². The van der Waals surface area contributed by atoms with E-state index < -0.39 is 5.97 Å². The number of carbonyl (C=O) groups excluding carboxylic acids is 2. The van der Waals surface area contributed by atoms with Crippen LogP contribution in [0.25, 0.3) is 0 Å². The molecule has 1 aliphatic heterocycles. The second-order valence-electron chi connectivity index (χ2n) is 6.08. The normalized spacial score (nSPS) is 12.7. The number of carbonyl (C=O) groups is 2. The summed E-state index contributed by atoms with van der Waals surface area (Å²) < 4.78 is 21.4. The lowest BCUT2D eigenvalue weighted by Crippen LogP contribution is -2.15. The Hall–Kier alpha value is -2.57. The van der Waals surface area contributed by atoms with Gasteiger partial charge in [-0.2, -0.15) is 0 Å². The van der Waals surface area contributed by atoms with Gasteiger partial charge in [0.2, 0.25) is 0 Å². The molecule has 2 aromatic carbocycles. The van der Waals surface area contributed by atoms with E-state index >= 15 is 0 Å². The van der Waals surface area contributed by atoms with Crippen molar-refractivity contribution in [2.45, 2.75) is 26.6 Å². The molecule has 0 aromatic heterocycles. The largest absolute Gasteiger partial charge is 0.496 e. The van der Waals surface area contributed by atoms with Crippen LogP contribution in [0.3, 0.4) is 0 Å². The van der Waals surface area contributed by atoms with Gasteiger partial charge in [0.1, 0.15) is 18.1 Å². The molecule has 0 saturated carbocycles. The Labute approximate surface area is 161 Å². The molecule has 0 fully saturated rings. The van der Waals surface area contributed by atoms with Gasteiger partial charge in [0.05, 0.1) is 20.1 Å². The minimum Gasteiger partial charge on any atom is -0.496 e. The SMILES string of the molecule is COc1ccc(C(C)=O)cc1CC(=O)OCc1cc(Cl)cc2c1OCOC2. The summed E-state index contributed by atoms with van der Waals surface area (Å²) in [5.41, 5.74) is 2.60. The number of ketones is 1. The topological polar surface area (TPSA) is 71.1 Å². The maximum absolute atomic E-state index is 12.3. The second kappa shape index (κ2) is 8.41. The number of halogens is 1. The van der Waals surface area contributed by atoms with E-state index in [0.717, 1.165) is 5.56 Å². The van der Waals surface area contributed by atoms with Crippen molar-refractivity contribution in [3.8, 4) is 11.5 Å². The quantitative estimate of drug-likeness (QED) is 0.553. The van der Waals surface area contributed by atoms with Crippen LogP contribution in [0.2, 0.25) is 5.02 Å². The average Bonchev–Trinajstić information content (AvgIpc) is 2.65. The molecule has 0 spiro atoms. The highest BCUT2D eigenvalue weighted by Gasteiger charge is 2.18. The third-order valence-electron chi connectivity index (χ3n) is 4.16. The summed E-state index contributed by atoms with van der Waals surface area (Å²) >= 11 is 6.11. The maximum Gasteiger partial charge on any atom is 0.310 e. The Bertz CT molecular complexity index is 877. The van der Waals surface area contributed by atoms with Crippen LogP contribution < -0.4 is 9.47 Å². The van der Waals surface area contributed by atoms with E-state index in [2.05, 4.69) is 0 Å². The summed E-state index contributed by atoms with van der Waals surface area (Å²) in [7, 11) is 1.51. The Morgan fingerprint density at radius 1 is 1.19 bits per heavy atom. The third-order valence-corrected chi connectivity index (χ3v) is 4.38. The molecule has 0 atom stereocenters. The van der Waals surface area contributed by atoms with E-state index in [-0.39, 0.29) is 25.6 Å². The van der Waals surface area contributed by atoms with Crippen LogP contribution in [0.4, 0.5) is 0 Å². The molecule has 0 bridgehead atoms. The summed E-state index contributed by atoms with van der Waals surface area (Å²) in [5.74, 6) is 0.624. The fourth-order valence-electron chi connectivity index (χ4n) is 2.86. The van der Waals surface area contributed by atoms with Crippen LogP contribution >= 0.6 is 11.6 Å². The lowest BCUT2D eigenvalue weighted by atomic mass is 10.0. The summed E-state index contributed by atoms with van der Waals surface area (Å²) in [6, 6.07) is 8.44. The number of hydrogen-bond acceptors (Lipinski definition) is 6. The Kier molecular flexibility index (Phi) is 5.98. The molecule has 0 unspecified atom stereocenters. The molecule has 0 saturated heterocycles. The van der Waals surface area contributed by atoms with Crippen molar-refractivity contribution in [1.82, 2.24) is 0 Å². The number of ether oxygens (including phenoxy) is 4. The molecule has 2 aromatic rings. The number of rotatable bonds is 6. The van der Waals surface area contributed by atoms with Gasteiger partial charge >= 0.3 is 5.97 Å². The zero-order valence-corrected chi connectivity index (χ0v) is 15.8. The number of esters is 1. The van der Waals surface area contributed by atoms with Crippen molar-refractivity contribution in [2.75, 3.05) is 13.9 Å². The van der Waals surface area contributed by atoms with Gasteiger partial charge in [-0.3, -0.25) is 9.59 Å². The zero-order chi connectivity index (χ0) is 19.4. The molecule has 1 heterocycles. The summed E-state index contributed by atoms with van der Waals surface area (Å²) in [5, 5.41) is 0.518. The van der Waals surface area contributed by atoms with Gasteiger partial charge in [0.25, 0.3) is 0 Å². The fourth-order valence-corrected chi connectivity index (χ4v) is 3.13. The van der Waals surface area contributed by atoms with Crippen molar-refractivity contribution >= 4 is 23.4 Å². The number of fused-ring (bicyclic) bond motifs is 1. The van der Waals surface area contributed by atoms with E-state index in [0.29, 0.717) is 39.8 Å². The van der Waals surface area contributed by atoms with Gasteiger partial charge < -0.3 is 18.9 Å². The second-order valence-corrected chi connectivity index (χ2v) is 6.52. The first-order valence-electron chi connectivity index (χ1n) is 8.33. The van der Waals surface area contributed by atoms with Crippen molar-refractivity contribution in [2.24, 2.45) is 0 Å². The molecule has 0 radical (unpaired) electrons. The van der Waals surface area contributed by atoms with Crippen LogP contribution in [0.15, 0.2) is 30.3 Å². The van der Waals surface area contributed by atoms with Gasteiger partial charge in [-0.05, 0) is 37.3 Å².